The van der Waals surface area contributed by atoms with Gasteiger partial charge in [-0.2, -0.15) is 0 Å². The first-order chi connectivity index (χ1) is 12.1. The fraction of sp³-hybridized carbons (Fsp3) is 0.429. The molecular formula is C21H25N3O. The summed E-state index contributed by atoms with van der Waals surface area (Å²) in [5.41, 5.74) is 4.50. The van der Waals surface area contributed by atoms with Gasteiger partial charge in [0.2, 0.25) is 0 Å². The number of rotatable bonds is 3. The van der Waals surface area contributed by atoms with Gasteiger partial charge in [0.1, 0.15) is 5.82 Å². The van der Waals surface area contributed by atoms with Crippen LogP contribution in [0.1, 0.15) is 45.8 Å². The molecule has 1 saturated carbocycles. The molecule has 130 valence electrons. The summed E-state index contributed by atoms with van der Waals surface area (Å²) in [5, 5.41) is 0. The van der Waals surface area contributed by atoms with Gasteiger partial charge in [-0.05, 0) is 55.4 Å². The van der Waals surface area contributed by atoms with E-state index in [1.54, 1.807) is 0 Å². The van der Waals surface area contributed by atoms with Crippen LogP contribution in [0.2, 0.25) is 0 Å². The monoisotopic (exact) mass is 335 g/mol. The van der Waals surface area contributed by atoms with Crippen molar-refractivity contribution in [2.24, 2.45) is 0 Å². The minimum Gasteiger partial charge on any atom is -0.353 e. The molecule has 0 spiro atoms. The summed E-state index contributed by atoms with van der Waals surface area (Å²) in [6.07, 6.45) is 4.66. The van der Waals surface area contributed by atoms with Crippen LogP contribution < -0.4 is 4.90 Å². The Kier molecular flexibility index (Phi) is 4.20. The molecule has 1 aromatic carbocycles. The second-order valence-electron chi connectivity index (χ2n) is 7.28. The fourth-order valence-electron chi connectivity index (χ4n) is 3.66. The van der Waals surface area contributed by atoms with Crippen LogP contribution in [0, 0.1) is 13.8 Å². The third-order valence-electron chi connectivity index (χ3n) is 5.36. The molecule has 4 heteroatoms. The van der Waals surface area contributed by atoms with E-state index in [0.29, 0.717) is 0 Å². The molecule has 0 N–H and O–H groups in total. The number of carbonyl (C=O) groups is 1. The van der Waals surface area contributed by atoms with Gasteiger partial charge in [0.15, 0.2) is 0 Å². The van der Waals surface area contributed by atoms with Crippen molar-refractivity contribution in [1.82, 2.24) is 9.88 Å². The standard InChI is InChI=1S/C21H25N3O/c1-15-5-3-4-6-19(15)21(25)24-11-9-23(10-12-24)20-16(2)13-18(14-22-20)17-7-8-17/h3-6,13-14,17H,7-12H2,1-2H3. The second kappa shape index (κ2) is 6.51. The van der Waals surface area contributed by atoms with Crippen LogP contribution in [0.4, 0.5) is 5.82 Å². The molecule has 2 aromatic rings. The molecule has 1 aliphatic carbocycles. The molecule has 0 radical (unpaired) electrons. The third kappa shape index (κ3) is 3.26. The number of carbonyl (C=O) groups excluding carboxylic acids is 1. The molecule has 0 bridgehead atoms. The second-order valence-corrected chi connectivity index (χ2v) is 7.28. The quantitative estimate of drug-likeness (QED) is 0.861. The summed E-state index contributed by atoms with van der Waals surface area (Å²) in [6.45, 7) is 7.33. The first-order valence-corrected chi connectivity index (χ1v) is 9.20. The Morgan fingerprint density at radius 2 is 1.76 bits per heavy atom. The van der Waals surface area contributed by atoms with E-state index in [0.717, 1.165) is 49.0 Å². The molecule has 4 nitrogen and oxygen atoms in total. The Morgan fingerprint density at radius 1 is 1.04 bits per heavy atom. The Hall–Kier alpha value is -2.36. The maximum atomic E-state index is 12.7. The third-order valence-corrected chi connectivity index (χ3v) is 5.36. The number of aryl methyl sites for hydroxylation is 2. The van der Waals surface area contributed by atoms with Gasteiger partial charge in [-0.3, -0.25) is 4.79 Å². The van der Waals surface area contributed by atoms with Crippen LogP contribution in [-0.2, 0) is 0 Å². The number of pyridine rings is 1. The lowest BCUT2D eigenvalue weighted by Gasteiger charge is -2.36. The first kappa shape index (κ1) is 16.1. The van der Waals surface area contributed by atoms with Crippen LogP contribution in [0.3, 0.4) is 0 Å². The normalized spacial score (nSPS) is 17.7. The summed E-state index contributed by atoms with van der Waals surface area (Å²) < 4.78 is 0. The van der Waals surface area contributed by atoms with Crippen LogP contribution in [-0.4, -0.2) is 42.0 Å². The van der Waals surface area contributed by atoms with Crippen LogP contribution in [0.25, 0.3) is 0 Å². The highest BCUT2D eigenvalue weighted by Crippen LogP contribution is 2.40. The van der Waals surface area contributed by atoms with E-state index >= 15 is 0 Å². The van der Waals surface area contributed by atoms with Gasteiger partial charge in [0.25, 0.3) is 5.91 Å². The van der Waals surface area contributed by atoms with Crippen LogP contribution in [0.15, 0.2) is 36.5 Å². The largest absolute Gasteiger partial charge is 0.353 e. The topological polar surface area (TPSA) is 36.4 Å². The highest BCUT2D eigenvalue weighted by molar-refractivity contribution is 5.95. The van der Waals surface area contributed by atoms with Crippen molar-refractivity contribution in [2.45, 2.75) is 32.6 Å². The highest BCUT2D eigenvalue weighted by Gasteiger charge is 2.27. The van der Waals surface area contributed by atoms with E-state index in [1.165, 1.54) is 24.0 Å². The number of piperazine rings is 1. The van der Waals surface area contributed by atoms with E-state index in [-0.39, 0.29) is 5.91 Å². The summed E-state index contributed by atoms with van der Waals surface area (Å²) in [4.78, 5) is 21.8. The van der Waals surface area contributed by atoms with Gasteiger partial charge in [-0.1, -0.05) is 24.3 Å². The summed E-state index contributed by atoms with van der Waals surface area (Å²) in [5.74, 6) is 1.96. The molecule has 0 atom stereocenters. The average molecular weight is 335 g/mol. The molecular weight excluding hydrogens is 310 g/mol. The predicted octanol–water partition coefficient (Wildman–Crippen LogP) is 3.54. The lowest BCUT2D eigenvalue weighted by molar-refractivity contribution is 0.0746. The van der Waals surface area contributed by atoms with E-state index in [2.05, 4.69) is 17.9 Å². The minimum atomic E-state index is 0.145. The number of hydrogen-bond donors (Lipinski definition) is 0. The fourth-order valence-corrected chi connectivity index (χ4v) is 3.66. The summed E-state index contributed by atoms with van der Waals surface area (Å²) in [7, 11) is 0. The Morgan fingerprint density at radius 3 is 2.40 bits per heavy atom. The van der Waals surface area contributed by atoms with Gasteiger partial charge >= 0.3 is 0 Å². The maximum Gasteiger partial charge on any atom is 0.254 e. The smallest absolute Gasteiger partial charge is 0.254 e. The Balaban J connectivity index is 1.43. The Bertz CT molecular complexity index is 789. The highest BCUT2D eigenvalue weighted by atomic mass is 16.2. The molecule has 2 fully saturated rings. The molecule has 1 saturated heterocycles. The van der Waals surface area contributed by atoms with Crippen molar-refractivity contribution in [3.05, 3.63) is 58.8 Å². The van der Waals surface area contributed by atoms with E-state index in [4.69, 9.17) is 4.98 Å². The molecule has 0 unspecified atom stereocenters. The van der Waals surface area contributed by atoms with E-state index in [9.17, 15) is 4.79 Å². The van der Waals surface area contributed by atoms with Crippen molar-refractivity contribution in [3.8, 4) is 0 Å². The van der Waals surface area contributed by atoms with Gasteiger partial charge < -0.3 is 9.80 Å². The molecule has 2 aliphatic rings. The molecule has 1 aliphatic heterocycles. The van der Waals surface area contributed by atoms with Crippen LogP contribution >= 0.6 is 0 Å². The molecule has 1 aromatic heterocycles. The van der Waals surface area contributed by atoms with Crippen LogP contribution in [0.5, 0.6) is 0 Å². The average Bonchev–Trinajstić information content (AvgIpc) is 3.47. The lowest BCUT2D eigenvalue weighted by atomic mass is 10.1. The predicted molar refractivity (Wildman–Crippen MR) is 100 cm³/mol. The maximum absolute atomic E-state index is 12.7. The zero-order chi connectivity index (χ0) is 17.4. The zero-order valence-corrected chi connectivity index (χ0v) is 15.0. The molecule has 25 heavy (non-hydrogen) atoms. The van der Waals surface area contributed by atoms with Gasteiger partial charge in [0, 0.05) is 37.9 Å². The zero-order valence-electron chi connectivity index (χ0n) is 15.0. The number of amides is 1. The van der Waals surface area contributed by atoms with Gasteiger partial charge in [-0.25, -0.2) is 4.98 Å². The SMILES string of the molecule is Cc1ccccc1C(=O)N1CCN(c2ncc(C3CC3)cc2C)CC1. The van der Waals surface area contributed by atoms with E-state index in [1.807, 2.05) is 42.3 Å². The summed E-state index contributed by atoms with van der Waals surface area (Å²) >= 11 is 0. The van der Waals surface area contributed by atoms with Crippen molar-refractivity contribution in [3.63, 3.8) is 0 Å². The number of nitrogens with zero attached hydrogens (tertiary/aromatic N) is 3. The number of hydrogen-bond acceptors (Lipinski definition) is 3. The van der Waals surface area contributed by atoms with Crippen molar-refractivity contribution in [2.75, 3.05) is 31.1 Å². The Labute approximate surface area is 149 Å². The van der Waals surface area contributed by atoms with Gasteiger partial charge in [0.05, 0.1) is 0 Å². The first-order valence-electron chi connectivity index (χ1n) is 9.20. The molecule has 1 amide bonds. The van der Waals surface area contributed by atoms with Crippen molar-refractivity contribution < 1.29 is 4.79 Å². The minimum absolute atomic E-state index is 0.145. The number of aromatic nitrogens is 1. The number of anilines is 1. The van der Waals surface area contributed by atoms with Crippen molar-refractivity contribution in [1.29, 1.82) is 0 Å². The van der Waals surface area contributed by atoms with Gasteiger partial charge in [-0.15, -0.1) is 0 Å². The summed E-state index contributed by atoms with van der Waals surface area (Å²) in [6, 6.07) is 10.1. The molecule has 4 rings (SSSR count). The number of benzene rings is 1. The van der Waals surface area contributed by atoms with E-state index < -0.39 is 0 Å². The lowest BCUT2D eigenvalue weighted by Crippen LogP contribution is -2.49. The molecule has 2 heterocycles. The van der Waals surface area contributed by atoms with Crippen molar-refractivity contribution >= 4 is 11.7 Å².